The number of sulfonamides is 1. The Morgan fingerprint density at radius 2 is 2.09 bits per heavy atom. The third-order valence-electron chi connectivity index (χ3n) is 3.45. The number of halogens is 1. The van der Waals surface area contributed by atoms with E-state index in [-0.39, 0.29) is 4.21 Å². The summed E-state index contributed by atoms with van der Waals surface area (Å²) in [5.41, 5.74) is 1.82. The molecule has 5 nitrogen and oxygen atoms in total. The highest BCUT2D eigenvalue weighted by molar-refractivity contribution is 7.94. The molecule has 2 heterocycles. The van der Waals surface area contributed by atoms with Gasteiger partial charge in [0.15, 0.2) is 0 Å². The lowest BCUT2D eigenvalue weighted by atomic mass is 10.1. The Morgan fingerprint density at radius 1 is 1.32 bits per heavy atom. The molecule has 3 rings (SSSR count). The van der Waals surface area contributed by atoms with Gasteiger partial charge in [-0.05, 0) is 42.3 Å². The van der Waals surface area contributed by atoms with Crippen molar-refractivity contribution in [1.82, 2.24) is 0 Å². The molecule has 8 heteroatoms. The summed E-state index contributed by atoms with van der Waals surface area (Å²) in [7, 11) is -2.31. The average Bonchev–Trinajstić information content (AvgIpc) is 3.12. The molecule has 0 fully saturated rings. The first-order valence-electron chi connectivity index (χ1n) is 6.43. The number of esters is 1. The SMILES string of the molecule is COC(=O)c1ccc2c(c1)CCN2S(=O)(=O)c1ccc(Cl)s1. The first-order chi connectivity index (χ1) is 10.4. The molecule has 1 aromatic heterocycles. The quantitative estimate of drug-likeness (QED) is 0.792. The highest BCUT2D eigenvalue weighted by Crippen LogP contribution is 2.36. The number of benzene rings is 1. The van der Waals surface area contributed by atoms with Gasteiger partial charge in [-0.15, -0.1) is 11.3 Å². The highest BCUT2D eigenvalue weighted by Gasteiger charge is 2.32. The number of nitrogens with zero attached hydrogens (tertiary/aromatic N) is 1. The molecule has 0 aliphatic carbocycles. The van der Waals surface area contributed by atoms with Crippen LogP contribution in [0, 0.1) is 0 Å². The molecule has 1 aromatic carbocycles. The maximum absolute atomic E-state index is 12.7. The van der Waals surface area contributed by atoms with Crippen LogP contribution >= 0.6 is 22.9 Å². The number of methoxy groups -OCH3 is 1. The van der Waals surface area contributed by atoms with Gasteiger partial charge in [-0.25, -0.2) is 13.2 Å². The van der Waals surface area contributed by atoms with Gasteiger partial charge in [-0.3, -0.25) is 4.31 Å². The molecule has 0 unspecified atom stereocenters. The van der Waals surface area contributed by atoms with Crippen LogP contribution in [0.1, 0.15) is 15.9 Å². The van der Waals surface area contributed by atoms with Crippen LogP contribution in [0.2, 0.25) is 4.34 Å². The maximum atomic E-state index is 12.7. The molecule has 2 aromatic rings. The molecule has 116 valence electrons. The van der Waals surface area contributed by atoms with Gasteiger partial charge in [-0.1, -0.05) is 11.6 Å². The van der Waals surface area contributed by atoms with Crippen molar-refractivity contribution in [2.75, 3.05) is 18.0 Å². The van der Waals surface area contributed by atoms with Crippen LogP contribution in [0.15, 0.2) is 34.5 Å². The van der Waals surface area contributed by atoms with Gasteiger partial charge in [0.05, 0.1) is 22.7 Å². The van der Waals surface area contributed by atoms with Crippen LogP contribution in [-0.4, -0.2) is 28.0 Å². The van der Waals surface area contributed by atoms with Gasteiger partial charge in [0, 0.05) is 6.54 Å². The third-order valence-corrected chi connectivity index (χ3v) is 6.96. The van der Waals surface area contributed by atoms with E-state index in [1.165, 1.54) is 17.5 Å². The van der Waals surface area contributed by atoms with E-state index in [0.717, 1.165) is 16.9 Å². The summed E-state index contributed by atoms with van der Waals surface area (Å²) in [6, 6.07) is 7.96. The zero-order valence-corrected chi connectivity index (χ0v) is 14.0. The summed E-state index contributed by atoms with van der Waals surface area (Å²) in [6.07, 6.45) is 0.554. The Balaban J connectivity index is 2.00. The molecular formula is C14H12ClNO4S2. The summed E-state index contributed by atoms with van der Waals surface area (Å²) in [6.45, 7) is 0.345. The lowest BCUT2D eigenvalue weighted by molar-refractivity contribution is 0.0600. The zero-order chi connectivity index (χ0) is 15.9. The number of carbonyl (C=O) groups is 1. The van der Waals surface area contributed by atoms with Gasteiger partial charge in [0.2, 0.25) is 0 Å². The predicted molar refractivity (Wildman–Crippen MR) is 85.3 cm³/mol. The summed E-state index contributed by atoms with van der Waals surface area (Å²) in [5.74, 6) is -0.436. The second kappa shape index (κ2) is 5.57. The minimum Gasteiger partial charge on any atom is -0.465 e. The van der Waals surface area contributed by atoms with E-state index in [1.54, 1.807) is 24.3 Å². The van der Waals surface area contributed by atoms with Crippen molar-refractivity contribution in [3.05, 3.63) is 45.8 Å². The zero-order valence-electron chi connectivity index (χ0n) is 11.6. The van der Waals surface area contributed by atoms with E-state index < -0.39 is 16.0 Å². The largest absolute Gasteiger partial charge is 0.465 e. The van der Waals surface area contributed by atoms with E-state index in [4.69, 9.17) is 11.6 Å². The topological polar surface area (TPSA) is 63.7 Å². The summed E-state index contributed by atoms with van der Waals surface area (Å²) >= 11 is 6.86. The molecule has 22 heavy (non-hydrogen) atoms. The number of anilines is 1. The Kier molecular flexibility index (Phi) is 3.88. The van der Waals surface area contributed by atoms with Crippen molar-refractivity contribution >= 4 is 44.6 Å². The van der Waals surface area contributed by atoms with Crippen molar-refractivity contribution in [1.29, 1.82) is 0 Å². The van der Waals surface area contributed by atoms with Crippen LogP contribution in [0.5, 0.6) is 0 Å². The van der Waals surface area contributed by atoms with Gasteiger partial charge in [0.1, 0.15) is 4.21 Å². The molecule has 1 aliphatic rings. The Hall–Kier alpha value is -1.57. The van der Waals surface area contributed by atoms with E-state index in [9.17, 15) is 13.2 Å². The Labute approximate surface area is 137 Å². The third kappa shape index (κ3) is 2.49. The molecule has 0 amide bonds. The molecule has 0 atom stereocenters. The lowest BCUT2D eigenvalue weighted by Crippen LogP contribution is -2.28. The van der Waals surface area contributed by atoms with Crippen LogP contribution < -0.4 is 4.31 Å². The molecule has 0 spiro atoms. The van der Waals surface area contributed by atoms with Crippen molar-refractivity contribution in [2.45, 2.75) is 10.6 Å². The minimum absolute atomic E-state index is 0.211. The van der Waals surface area contributed by atoms with E-state index in [1.807, 2.05) is 0 Å². The Morgan fingerprint density at radius 3 is 2.73 bits per heavy atom. The van der Waals surface area contributed by atoms with Crippen molar-refractivity contribution in [2.24, 2.45) is 0 Å². The second-order valence-corrected chi connectivity index (χ2v) is 8.53. The lowest BCUT2D eigenvalue weighted by Gasteiger charge is -2.18. The fourth-order valence-corrected chi connectivity index (χ4v) is 5.51. The molecule has 0 radical (unpaired) electrons. The van der Waals surface area contributed by atoms with Crippen molar-refractivity contribution in [3.8, 4) is 0 Å². The molecule has 0 N–H and O–H groups in total. The monoisotopic (exact) mass is 357 g/mol. The fourth-order valence-electron chi connectivity index (χ4n) is 2.41. The summed E-state index contributed by atoms with van der Waals surface area (Å²) in [4.78, 5) is 11.5. The van der Waals surface area contributed by atoms with E-state index >= 15 is 0 Å². The number of ether oxygens (including phenoxy) is 1. The molecule has 0 saturated carbocycles. The first kappa shape index (κ1) is 15.3. The van der Waals surface area contributed by atoms with E-state index in [0.29, 0.717) is 28.6 Å². The predicted octanol–water partition coefficient (Wildman–Crippen LogP) is 2.94. The molecule has 1 aliphatic heterocycles. The molecular weight excluding hydrogens is 346 g/mol. The van der Waals surface area contributed by atoms with Gasteiger partial charge >= 0.3 is 5.97 Å². The second-order valence-electron chi connectivity index (χ2n) is 4.72. The van der Waals surface area contributed by atoms with Crippen LogP contribution in [0.25, 0.3) is 0 Å². The number of fused-ring (bicyclic) bond motifs is 1. The smallest absolute Gasteiger partial charge is 0.337 e. The van der Waals surface area contributed by atoms with Gasteiger partial charge in [0.25, 0.3) is 10.0 Å². The van der Waals surface area contributed by atoms with Crippen LogP contribution in [0.4, 0.5) is 5.69 Å². The summed E-state index contributed by atoms with van der Waals surface area (Å²) < 4.78 is 32.0. The Bertz CT molecular complexity index is 844. The minimum atomic E-state index is -3.62. The maximum Gasteiger partial charge on any atom is 0.337 e. The number of rotatable bonds is 3. The highest BCUT2D eigenvalue weighted by atomic mass is 35.5. The van der Waals surface area contributed by atoms with Crippen LogP contribution in [-0.2, 0) is 21.2 Å². The standard InChI is InChI=1S/C14H12ClNO4S2/c1-20-14(17)10-2-3-11-9(8-10)6-7-16(11)22(18,19)13-5-4-12(15)21-13/h2-5,8H,6-7H2,1H3. The first-order valence-corrected chi connectivity index (χ1v) is 9.06. The number of carbonyl (C=O) groups excluding carboxylic acids is 1. The molecule has 0 bridgehead atoms. The van der Waals surface area contributed by atoms with Gasteiger partial charge < -0.3 is 4.74 Å². The number of hydrogen-bond donors (Lipinski definition) is 0. The normalized spacial score (nSPS) is 14.0. The van der Waals surface area contributed by atoms with Crippen LogP contribution in [0.3, 0.4) is 0 Å². The fraction of sp³-hybridized carbons (Fsp3) is 0.214. The van der Waals surface area contributed by atoms with Crippen molar-refractivity contribution in [3.63, 3.8) is 0 Å². The van der Waals surface area contributed by atoms with E-state index in [2.05, 4.69) is 4.74 Å². The summed E-state index contributed by atoms with van der Waals surface area (Å²) in [5, 5.41) is 0. The van der Waals surface area contributed by atoms with Crippen molar-refractivity contribution < 1.29 is 17.9 Å². The number of thiophene rings is 1. The van der Waals surface area contributed by atoms with Gasteiger partial charge in [-0.2, -0.15) is 0 Å². The number of hydrogen-bond acceptors (Lipinski definition) is 5. The average molecular weight is 358 g/mol. The molecule has 0 saturated heterocycles.